The van der Waals surface area contributed by atoms with E-state index in [-0.39, 0.29) is 30.2 Å². The van der Waals surface area contributed by atoms with E-state index in [1.807, 2.05) is 0 Å². The molecular formula is C20H30N2O2. The lowest BCUT2D eigenvalue weighted by Crippen LogP contribution is -2.38. The van der Waals surface area contributed by atoms with E-state index in [0.717, 1.165) is 19.3 Å². The summed E-state index contributed by atoms with van der Waals surface area (Å²) in [6.07, 6.45) is 11.0. The molecule has 3 unspecified atom stereocenters. The first-order valence-corrected chi connectivity index (χ1v) is 9.08. The van der Waals surface area contributed by atoms with Gasteiger partial charge < -0.3 is 10.6 Å². The topological polar surface area (TPSA) is 58.2 Å². The standard InChI is InChI=1S/C20H30N2O2/c1-5-8-21-19(23)11-16-10-18(13(2)3)17(9-14(16)4)12-22-20(24)15-6-7-15/h1,9,13,15-18H,6-8,10-12H2,2-4H3,(H,21,23)(H,22,24). The minimum absolute atomic E-state index is 0.0219. The van der Waals surface area contributed by atoms with Crippen LogP contribution < -0.4 is 10.6 Å². The normalized spacial score (nSPS) is 26.5. The van der Waals surface area contributed by atoms with Crippen LogP contribution in [0.25, 0.3) is 0 Å². The van der Waals surface area contributed by atoms with Crippen molar-refractivity contribution in [2.24, 2.45) is 29.6 Å². The summed E-state index contributed by atoms with van der Waals surface area (Å²) >= 11 is 0. The Balaban J connectivity index is 1.96. The van der Waals surface area contributed by atoms with Gasteiger partial charge in [-0.2, -0.15) is 0 Å². The smallest absolute Gasteiger partial charge is 0.223 e. The number of hydrogen-bond donors (Lipinski definition) is 2. The second-order valence-electron chi connectivity index (χ2n) is 7.62. The van der Waals surface area contributed by atoms with Crippen LogP contribution in [0.3, 0.4) is 0 Å². The van der Waals surface area contributed by atoms with Crippen molar-refractivity contribution < 1.29 is 9.59 Å². The summed E-state index contributed by atoms with van der Waals surface area (Å²) in [6.45, 7) is 7.56. The molecule has 2 amide bonds. The number of rotatable bonds is 7. The van der Waals surface area contributed by atoms with Crippen LogP contribution in [0.4, 0.5) is 0 Å². The molecule has 0 aromatic carbocycles. The Morgan fingerprint density at radius 1 is 1.33 bits per heavy atom. The fourth-order valence-electron chi connectivity index (χ4n) is 3.66. The highest BCUT2D eigenvalue weighted by molar-refractivity contribution is 5.80. The Kier molecular flexibility index (Phi) is 6.48. The van der Waals surface area contributed by atoms with Crippen LogP contribution in [-0.2, 0) is 9.59 Å². The van der Waals surface area contributed by atoms with Gasteiger partial charge in [-0.1, -0.05) is 31.4 Å². The minimum atomic E-state index is 0.0219. The second kappa shape index (κ2) is 8.37. The Bertz CT molecular complexity index is 540. The van der Waals surface area contributed by atoms with E-state index >= 15 is 0 Å². The highest BCUT2D eigenvalue weighted by Crippen LogP contribution is 2.39. The molecule has 24 heavy (non-hydrogen) atoms. The maximum atomic E-state index is 12.0. The number of amides is 2. The third-order valence-electron chi connectivity index (χ3n) is 5.36. The van der Waals surface area contributed by atoms with Crippen molar-refractivity contribution in [3.63, 3.8) is 0 Å². The molecule has 2 aliphatic carbocycles. The van der Waals surface area contributed by atoms with Crippen LogP contribution in [0.1, 0.15) is 46.5 Å². The molecule has 0 aliphatic heterocycles. The van der Waals surface area contributed by atoms with E-state index < -0.39 is 0 Å². The molecule has 0 radical (unpaired) electrons. The summed E-state index contributed by atoms with van der Waals surface area (Å²) in [5.74, 6) is 4.55. The van der Waals surface area contributed by atoms with Crippen molar-refractivity contribution in [2.75, 3.05) is 13.1 Å². The van der Waals surface area contributed by atoms with Gasteiger partial charge in [0.25, 0.3) is 0 Å². The quantitative estimate of drug-likeness (QED) is 0.557. The number of nitrogens with one attached hydrogen (secondary N) is 2. The predicted molar refractivity (Wildman–Crippen MR) is 95.9 cm³/mol. The number of carbonyl (C=O) groups excluding carboxylic acids is 2. The van der Waals surface area contributed by atoms with Gasteiger partial charge in [0.05, 0.1) is 6.54 Å². The molecule has 1 saturated carbocycles. The number of terminal acetylenes is 1. The fourth-order valence-corrected chi connectivity index (χ4v) is 3.66. The van der Waals surface area contributed by atoms with E-state index in [1.165, 1.54) is 5.57 Å². The van der Waals surface area contributed by atoms with E-state index in [2.05, 4.69) is 43.4 Å². The average molecular weight is 330 g/mol. The largest absolute Gasteiger partial charge is 0.355 e. The third kappa shape index (κ3) is 5.12. The molecule has 2 rings (SSSR count). The van der Waals surface area contributed by atoms with E-state index in [0.29, 0.717) is 30.7 Å². The van der Waals surface area contributed by atoms with Crippen LogP contribution in [0.2, 0.25) is 0 Å². The third-order valence-corrected chi connectivity index (χ3v) is 5.36. The number of allylic oxidation sites excluding steroid dienone is 1. The van der Waals surface area contributed by atoms with E-state index in [4.69, 9.17) is 6.42 Å². The SMILES string of the molecule is C#CCNC(=O)CC1CC(C(C)C)C(CNC(=O)C2CC2)C=C1C. The van der Waals surface area contributed by atoms with Crippen LogP contribution >= 0.6 is 0 Å². The molecule has 0 heterocycles. The van der Waals surface area contributed by atoms with Crippen molar-refractivity contribution in [3.8, 4) is 12.3 Å². The van der Waals surface area contributed by atoms with Gasteiger partial charge in [-0.3, -0.25) is 9.59 Å². The van der Waals surface area contributed by atoms with E-state index in [9.17, 15) is 9.59 Å². The van der Waals surface area contributed by atoms with Crippen molar-refractivity contribution in [1.82, 2.24) is 10.6 Å². The van der Waals surface area contributed by atoms with Gasteiger partial charge >= 0.3 is 0 Å². The van der Waals surface area contributed by atoms with Crippen molar-refractivity contribution in [2.45, 2.75) is 46.5 Å². The summed E-state index contributed by atoms with van der Waals surface area (Å²) < 4.78 is 0. The van der Waals surface area contributed by atoms with Gasteiger partial charge in [-0.25, -0.2) is 0 Å². The maximum Gasteiger partial charge on any atom is 0.223 e. The number of hydrogen-bond acceptors (Lipinski definition) is 2. The van der Waals surface area contributed by atoms with Gasteiger partial charge in [0.2, 0.25) is 11.8 Å². The first-order valence-electron chi connectivity index (χ1n) is 9.08. The van der Waals surface area contributed by atoms with Crippen LogP contribution in [0.15, 0.2) is 11.6 Å². The van der Waals surface area contributed by atoms with Gasteiger partial charge in [0.15, 0.2) is 0 Å². The lowest BCUT2D eigenvalue weighted by Gasteiger charge is -2.37. The summed E-state index contributed by atoms with van der Waals surface area (Å²) in [5, 5.41) is 5.87. The second-order valence-corrected chi connectivity index (χ2v) is 7.62. The van der Waals surface area contributed by atoms with Gasteiger partial charge in [-0.05, 0) is 49.9 Å². The van der Waals surface area contributed by atoms with Crippen LogP contribution in [0.5, 0.6) is 0 Å². The maximum absolute atomic E-state index is 12.0. The van der Waals surface area contributed by atoms with Crippen LogP contribution in [-0.4, -0.2) is 24.9 Å². The zero-order chi connectivity index (χ0) is 17.7. The molecule has 0 aromatic heterocycles. The van der Waals surface area contributed by atoms with Crippen molar-refractivity contribution in [1.29, 1.82) is 0 Å². The minimum Gasteiger partial charge on any atom is -0.355 e. The summed E-state index contributed by atoms with van der Waals surface area (Å²) in [4.78, 5) is 23.9. The highest BCUT2D eigenvalue weighted by Gasteiger charge is 2.34. The lowest BCUT2D eigenvalue weighted by atomic mass is 9.69. The molecule has 2 aliphatic rings. The Morgan fingerprint density at radius 2 is 2.04 bits per heavy atom. The Labute approximate surface area is 145 Å². The Morgan fingerprint density at radius 3 is 2.62 bits per heavy atom. The molecule has 0 aromatic rings. The number of carbonyl (C=O) groups is 2. The fraction of sp³-hybridized carbons (Fsp3) is 0.700. The molecule has 132 valence electrons. The van der Waals surface area contributed by atoms with Crippen molar-refractivity contribution in [3.05, 3.63) is 11.6 Å². The van der Waals surface area contributed by atoms with Gasteiger partial charge in [-0.15, -0.1) is 6.42 Å². The molecular weight excluding hydrogens is 300 g/mol. The molecule has 4 heteroatoms. The predicted octanol–water partition coefficient (Wildman–Crippen LogP) is 2.51. The first kappa shape index (κ1) is 18.6. The Hall–Kier alpha value is -1.76. The average Bonchev–Trinajstić information content (AvgIpc) is 3.37. The van der Waals surface area contributed by atoms with Gasteiger partial charge in [0, 0.05) is 18.9 Å². The summed E-state index contributed by atoms with van der Waals surface area (Å²) in [7, 11) is 0. The molecule has 0 spiro atoms. The lowest BCUT2D eigenvalue weighted by molar-refractivity contribution is -0.122. The summed E-state index contributed by atoms with van der Waals surface area (Å²) in [5.41, 5.74) is 1.26. The zero-order valence-electron chi connectivity index (χ0n) is 15.1. The molecule has 4 nitrogen and oxygen atoms in total. The summed E-state index contributed by atoms with van der Waals surface area (Å²) in [6, 6.07) is 0. The molecule has 0 saturated heterocycles. The van der Waals surface area contributed by atoms with Crippen molar-refractivity contribution >= 4 is 11.8 Å². The molecule has 0 bridgehead atoms. The van der Waals surface area contributed by atoms with E-state index in [1.54, 1.807) is 0 Å². The molecule has 3 atom stereocenters. The molecule has 2 N–H and O–H groups in total. The first-order chi connectivity index (χ1) is 11.4. The van der Waals surface area contributed by atoms with Crippen LogP contribution in [0, 0.1) is 41.9 Å². The zero-order valence-corrected chi connectivity index (χ0v) is 15.1. The highest BCUT2D eigenvalue weighted by atomic mass is 16.2. The van der Waals surface area contributed by atoms with Gasteiger partial charge in [0.1, 0.15) is 0 Å². The molecule has 1 fully saturated rings. The monoisotopic (exact) mass is 330 g/mol.